The Bertz CT molecular complexity index is 452. The van der Waals surface area contributed by atoms with Crippen molar-refractivity contribution in [2.24, 2.45) is 0 Å². The van der Waals surface area contributed by atoms with E-state index in [0.717, 1.165) is 6.07 Å². The van der Waals surface area contributed by atoms with Crippen molar-refractivity contribution in [1.29, 1.82) is 0 Å². The average molecular weight is 306 g/mol. The number of benzene rings is 1. The van der Waals surface area contributed by atoms with Crippen LogP contribution in [0.2, 0.25) is 0 Å². The molecule has 0 bridgehead atoms. The van der Waals surface area contributed by atoms with Gasteiger partial charge in [-0.25, -0.2) is 9.18 Å². The Hall–Kier alpha value is -1.47. The highest BCUT2D eigenvalue weighted by molar-refractivity contribution is 9.10. The van der Waals surface area contributed by atoms with Gasteiger partial charge in [0.25, 0.3) is 5.91 Å². The topological polar surface area (TPSA) is 86.6 Å². The molecule has 0 saturated carbocycles. The average Bonchev–Trinajstić information content (AvgIpc) is 2.28. The molecule has 5 nitrogen and oxygen atoms in total. The number of hydrogen-bond donors (Lipinski definition) is 3. The zero-order valence-corrected chi connectivity index (χ0v) is 10.1. The van der Waals surface area contributed by atoms with Crippen molar-refractivity contribution in [2.45, 2.75) is 6.04 Å². The Kier molecular flexibility index (Phi) is 4.59. The van der Waals surface area contributed by atoms with Crippen molar-refractivity contribution < 1.29 is 24.2 Å². The van der Waals surface area contributed by atoms with Gasteiger partial charge in [-0.2, -0.15) is 0 Å². The smallest absolute Gasteiger partial charge is 0.328 e. The lowest BCUT2D eigenvalue weighted by molar-refractivity contribution is -0.140. The van der Waals surface area contributed by atoms with Crippen LogP contribution in [0.5, 0.6) is 0 Å². The molecule has 1 aromatic rings. The van der Waals surface area contributed by atoms with Crippen LogP contribution in [0, 0.1) is 5.82 Å². The van der Waals surface area contributed by atoms with Crippen LogP contribution in [0.25, 0.3) is 0 Å². The molecule has 0 aliphatic rings. The fraction of sp³-hybridized carbons (Fsp3) is 0.200. The maximum absolute atomic E-state index is 13.1. The third-order valence-electron chi connectivity index (χ3n) is 1.97. The number of aliphatic carboxylic acids is 1. The van der Waals surface area contributed by atoms with E-state index in [0.29, 0.717) is 0 Å². The first kappa shape index (κ1) is 13.6. The molecule has 0 aromatic heterocycles. The lowest BCUT2D eigenvalue weighted by Crippen LogP contribution is -2.43. The fourth-order valence-electron chi connectivity index (χ4n) is 1.06. The van der Waals surface area contributed by atoms with Crippen LogP contribution in [-0.4, -0.2) is 34.7 Å². The van der Waals surface area contributed by atoms with E-state index in [1.807, 2.05) is 0 Å². The van der Waals surface area contributed by atoms with E-state index in [2.05, 4.69) is 21.2 Å². The fourth-order valence-corrected chi connectivity index (χ4v) is 1.31. The van der Waals surface area contributed by atoms with Crippen LogP contribution in [0.4, 0.5) is 4.39 Å². The van der Waals surface area contributed by atoms with Gasteiger partial charge in [-0.1, -0.05) is 0 Å². The molecule has 0 heterocycles. The van der Waals surface area contributed by atoms with E-state index in [9.17, 15) is 14.0 Å². The molecule has 92 valence electrons. The molecule has 3 N–H and O–H groups in total. The standard InChI is InChI=1S/C10H9BrFNO4/c11-6-2-1-5(3-7(6)12)9(15)13-8(4-14)10(16)17/h1-3,8,14H,4H2,(H,13,15)(H,16,17)/t8-/m1/s1. The Morgan fingerprint density at radius 1 is 1.47 bits per heavy atom. The van der Waals surface area contributed by atoms with Gasteiger partial charge in [0.05, 0.1) is 11.1 Å². The molecule has 0 unspecified atom stereocenters. The van der Waals surface area contributed by atoms with Crippen molar-refractivity contribution in [3.05, 3.63) is 34.1 Å². The molecule has 1 rings (SSSR count). The second kappa shape index (κ2) is 5.74. The van der Waals surface area contributed by atoms with Crippen LogP contribution in [-0.2, 0) is 4.79 Å². The van der Waals surface area contributed by atoms with Crippen molar-refractivity contribution >= 4 is 27.8 Å². The third-order valence-corrected chi connectivity index (χ3v) is 2.61. The van der Waals surface area contributed by atoms with Crippen LogP contribution < -0.4 is 5.32 Å². The van der Waals surface area contributed by atoms with Gasteiger partial charge in [0.1, 0.15) is 5.82 Å². The molecule has 0 fully saturated rings. The summed E-state index contributed by atoms with van der Waals surface area (Å²) < 4.78 is 13.3. The second-order valence-corrected chi connectivity index (χ2v) is 4.03. The van der Waals surface area contributed by atoms with Crippen LogP contribution in [0.15, 0.2) is 22.7 Å². The van der Waals surface area contributed by atoms with Crippen LogP contribution in [0.1, 0.15) is 10.4 Å². The first-order valence-electron chi connectivity index (χ1n) is 4.55. The summed E-state index contributed by atoms with van der Waals surface area (Å²) >= 11 is 2.93. The zero-order chi connectivity index (χ0) is 13.0. The summed E-state index contributed by atoms with van der Waals surface area (Å²) in [6, 6.07) is 2.22. The summed E-state index contributed by atoms with van der Waals surface area (Å²) in [6.45, 7) is -0.736. The van der Waals surface area contributed by atoms with E-state index < -0.39 is 30.3 Å². The minimum absolute atomic E-state index is 0.0228. The van der Waals surface area contributed by atoms with Crippen molar-refractivity contribution in [2.75, 3.05) is 6.61 Å². The van der Waals surface area contributed by atoms with Gasteiger partial charge < -0.3 is 15.5 Å². The molecule has 0 aliphatic carbocycles. The molecule has 0 spiro atoms. The van der Waals surface area contributed by atoms with E-state index in [1.54, 1.807) is 0 Å². The van der Waals surface area contributed by atoms with E-state index >= 15 is 0 Å². The molecule has 7 heteroatoms. The quantitative estimate of drug-likeness (QED) is 0.766. The maximum Gasteiger partial charge on any atom is 0.328 e. The first-order chi connectivity index (χ1) is 7.95. The number of carboxylic acids is 1. The number of aliphatic hydroxyl groups is 1. The summed E-state index contributed by atoms with van der Waals surface area (Å²) in [5.41, 5.74) is -0.0228. The van der Waals surface area contributed by atoms with Gasteiger partial charge in [0.2, 0.25) is 0 Å². The number of hydrogen-bond acceptors (Lipinski definition) is 3. The van der Waals surface area contributed by atoms with Gasteiger partial charge in [0.15, 0.2) is 6.04 Å². The minimum Gasteiger partial charge on any atom is -0.480 e. The van der Waals surface area contributed by atoms with E-state index in [-0.39, 0.29) is 10.0 Å². The maximum atomic E-state index is 13.1. The lowest BCUT2D eigenvalue weighted by Gasteiger charge is -2.11. The largest absolute Gasteiger partial charge is 0.480 e. The summed E-state index contributed by atoms with van der Waals surface area (Å²) in [4.78, 5) is 22.1. The summed E-state index contributed by atoms with van der Waals surface area (Å²) in [7, 11) is 0. The number of aliphatic hydroxyl groups excluding tert-OH is 1. The number of carbonyl (C=O) groups is 2. The van der Waals surface area contributed by atoms with Crippen LogP contribution in [0.3, 0.4) is 0 Å². The Morgan fingerprint density at radius 3 is 2.59 bits per heavy atom. The third kappa shape index (κ3) is 3.50. The van der Waals surface area contributed by atoms with Gasteiger partial charge in [-0.05, 0) is 34.1 Å². The molecular formula is C10H9BrFNO4. The summed E-state index contributed by atoms with van der Waals surface area (Å²) in [5, 5.41) is 19.4. The zero-order valence-electron chi connectivity index (χ0n) is 8.48. The van der Waals surface area contributed by atoms with Gasteiger partial charge >= 0.3 is 5.97 Å². The number of amides is 1. The SMILES string of the molecule is O=C(N[C@H](CO)C(=O)O)c1ccc(Br)c(F)c1. The molecule has 1 atom stereocenters. The number of nitrogens with one attached hydrogen (secondary N) is 1. The summed E-state index contributed by atoms with van der Waals surface area (Å²) in [5.74, 6) is -2.76. The van der Waals surface area contributed by atoms with Gasteiger partial charge in [-0.15, -0.1) is 0 Å². The predicted octanol–water partition coefficient (Wildman–Crippen LogP) is 0.763. The van der Waals surface area contributed by atoms with Gasteiger partial charge in [-0.3, -0.25) is 4.79 Å². The van der Waals surface area contributed by atoms with Crippen molar-refractivity contribution in [3.8, 4) is 0 Å². The molecular weight excluding hydrogens is 297 g/mol. The van der Waals surface area contributed by atoms with E-state index in [1.165, 1.54) is 12.1 Å². The second-order valence-electron chi connectivity index (χ2n) is 3.18. The first-order valence-corrected chi connectivity index (χ1v) is 5.34. The number of carbonyl (C=O) groups excluding carboxylic acids is 1. The number of halogens is 2. The number of carboxylic acid groups (broad SMARTS) is 1. The van der Waals surface area contributed by atoms with Crippen molar-refractivity contribution in [1.82, 2.24) is 5.32 Å². The normalized spacial score (nSPS) is 11.9. The molecule has 1 amide bonds. The highest BCUT2D eigenvalue weighted by atomic mass is 79.9. The Morgan fingerprint density at radius 2 is 2.12 bits per heavy atom. The Labute approximate surface area is 104 Å². The lowest BCUT2D eigenvalue weighted by atomic mass is 10.2. The number of rotatable bonds is 4. The highest BCUT2D eigenvalue weighted by Crippen LogP contribution is 2.16. The molecule has 0 saturated heterocycles. The van der Waals surface area contributed by atoms with Crippen molar-refractivity contribution in [3.63, 3.8) is 0 Å². The summed E-state index contributed by atoms with van der Waals surface area (Å²) in [6.07, 6.45) is 0. The predicted molar refractivity (Wildman–Crippen MR) is 60.1 cm³/mol. The highest BCUT2D eigenvalue weighted by Gasteiger charge is 2.19. The van der Waals surface area contributed by atoms with E-state index in [4.69, 9.17) is 10.2 Å². The molecule has 1 aromatic carbocycles. The molecule has 0 aliphatic heterocycles. The Balaban J connectivity index is 2.82. The monoisotopic (exact) mass is 305 g/mol. The minimum atomic E-state index is -1.41. The molecule has 17 heavy (non-hydrogen) atoms. The van der Waals surface area contributed by atoms with Gasteiger partial charge in [0, 0.05) is 5.56 Å². The van der Waals surface area contributed by atoms with Crippen LogP contribution >= 0.6 is 15.9 Å². The molecule has 0 radical (unpaired) electrons.